The first-order valence-corrected chi connectivity index (χ1v) is 13.3. The standard InChI is InChI=1S/C23H30N2O5S2/c1-17-13-25(14-18(2)30-17)32(27,28)22-9-3-6-19(12-22)23(26)24(15-20-7-4-10-29-20)16-21-8-5-11-31-21/h3,5-6,8-9,11-12,17-18,20H,4,7,10,13-16H2,1-2H3. The molecule has 2 aliphatic heterocycles. The lowest BCUT2D eigenvalue weighted by atomic mass is 10.1. The number of hydrogen-bond acceptors (Lipinski definition) is 6. The van der Waals surface area contributed by atoms with Gasteiger partial charge < -0.3 is 14.4 Å². The van der Waals surface area contributed by atoms with Gasteiger partial charge in [-0.2, -0.15) is 4.31 Å². The molecule has 3 atom stereocenters. The number of hydrogen-bond donors (Lipinski definition) is 0. The first kappa shape index (κ1) is 23.4. The Morgan fingerprint density at radius 1 is 1.19 bits per heavy atom. The molecule has 0 saturated carbocycles. The van der Waals surface area contributed by atoms with E-state index in [1.165, 1.54) is 10.4 Å². The van der Waals surface area contributed by atoms with Crippen molar-refractivity contribution in [3.05, 3.63) is 52.2 Å². The molecule has 0 N–H and O–H groups in total. The summed E-state index contributed by atoms with van der Waals surface area (Å²) in [5.41, 5.74) is 0.370. The number of morpholine rings is 1. The van der Waals surface area contributed by atoms with Crippen LogP contribution in [0.3, 0.4) is 0 Å². The van der Waals surface area contributed by atoms with Crippen LogP contribution in [0.25, 0.3) is 0 Å². The third-order valence-electron chi connectivity index (χ3n) is 5.77. The summed E-state index contributed by atoms with van der Waals surface area (Å²) in [7, 11) is -3.72. The molecule has 2 aromatic rings. The molecular weight excluding hydrogens is 448 g/mol. The van der Waals surface area contributed by atoms with Crippen molar-refractivity contribution >= 4 is 27.3 Å². The highest BCUT2D eigenvalue weighted by Crippen LogP contribution is 2.24. The molecule has 0 radical (unpaired) electrons. The van der Waals surface area contributed by atoms with Crippen molar-refractivity contribution in [3.63, 3.8) is 0 Å². The monoisotopic (exact) mass is 478 g/mol. The number of sulfonamides is 1. The Bertz CT molecular complexity index is 1010. The number of carbonyl (C=O) groups is 1. The lowest BCUT2D eigenvalue weighted by Crippen LogP contribution is -2.48. The molecule has 0 spiro atoms. The van der Waals surface area contributed by atoms with Gasteiger partial charge in [0.05, 0.1) is 29.8 Å². The topological polar surface area (TPSA) is 76.2 Å². The molecule has 2 saturated heterocycles. The second-order valence-electron chi connectivity index (χ2n) is 8.51. The number of ether oxygens (including phenoxy) is 2. The van der Waals surface area contributed by atoms with Crippen LogP contribution in [-0.4, -0.2) is 68.1 Å². The quantitative estimate of drug-likeness (QED) is 0.610. The zero-order valence-electron chi connectivity index (χ0n) is 18.5. The maximum Gasteiger partial charge on any atom is 0.254 e. The van der Waals surface area contributed by atoms with E-state index in [0.717, 1.165) is 24.3 Å². The number of rotatable bonds is 7. The van der Waals surface area contributed by atoms with E-state index in [1.807, 2.05) is 31.4 Å². The molecule has 4 rings (SSSR count). The van der Waals surface area contributed by atoms with Gasteiger partial charge in [0.15, 0.2) is 0 Å². The number of carbonyl (C=O) groups excluding carboxylic acids is 1. The Kier molecular flexibility index (Phi) is 7.31. The maximum absolute atomic E-state index is 13.5. The Balaban J connectivity index is 1.57. The molecule has 1 aromatic carbocycles. The van der Waals surface area contributed by atoms with Gasteiger partial charge in [-0.05, 0) is 56.3 Å². The first-order chi connectivity index (χ1) is 15.3. The minimum absolute atomic E-state index is 0.0159. The SMILES string of the molecule is CC1CN(S(=O)(=O)c2cccc(C(=O)N(Cc3cccs3)CC3CCCO3)c2)CC(C)O1. The van der Waals surface area contributed by atoms with Crippen LogP contribution in [0, 0.1) is 0 Å². The molecule has 0 aliphatic carbocycles. The van der Waals surface area contributed by atoms with Crippen LogP contribution in [0.5, 0.6) is 0 Å². The van der Waals surface area contributed by atoms with Crippen LogP contribution in [0.4, 0.5) is 0 Å². The van der Waals surface area contributed by atoms with E-state index in [4.69, 9.17) is 9.47 Å². The van der Waals surface area contributed by atoms with Crippen molar-refractivity contribution in [2.24, 2.45) is 0 Å². The van der Waals surface area contributed by atoms with Crippen LogP contribution in [0.2, 0.25) is 0 Å². The average molecular weight is 479 g/mol. The largest absolute Gasteiger partial charge is 0.376 e. The molecule has 3 unspecified atom stereocenters. The normalized spacial score (nSPS) is 24.5. The van der Waals surface area contributed by atoms with E-state index in [1.54, 1.807) is 34.4 Å². The van der Waals surface area contributed by atoms with Crippen LogP contribution in [0.1, 0.15) is 41.9 Å². The third kappa shape index (κ3) is 5.40. The molecule has 2 aliphatic rings. The smallest absolute Gasteiger partial charge is 0.254 e. The predicted molar refractivity (Wildman–Crippen MR) is 123 cm³/mol. The van der Waals surface area contributed by atoms with Gasteiger partial charge in [-0.15, -0.1) is 11.3 Å². The summed E-state index contributed by atoms with van der Waals surface area (Å²) >= 11 is 1.60. The zero-order chi connectivity index (χ0) is 22.7. The van der Waals surface area contributed by atoms with Crippen molar-refractivity contribution < 1.29 is 22.7 Å². The molecule has 0 bridgehead atoms. The number of nitrogens with zero attached hydrogens (tertiary/aromatic N) is 2. The average Bonchev–Trinajstić information content (AvgIpc) is 3.46. The summed E-state index contributed by atoms with van der Waals surface area (Å²) in [5.74, 6) is -0.185. The summed E-state index contributed by atoms with van der Waals surface area (Å²) in [6.45, 7) is 6.02. The highest BCUT2D eigenvalue weighted by molar-refractivity contribution is 7.89. The van der Waals surface area contributed by atoms with Gasteiger partial charge in [0.25, 0.3) is 5.91 Å². The van der Waals surface area contributed by atoms with E-state index >= 15 is 0 Å². The zero-order valence-corrected chi connectivity index (χ0v) is 20.1. The van der Waals surface area contributed by atoms with Gasteiger partial charge in [-0.1, -0.05) is 12.1 Å². The summed E-state index contributed by atoms with van der Waals surface area (Å²) in [4.78, 5) is 16.5. The van der Waals surface area contributed by atoms with Gasteiger partial charge >= 0.3 is 0 Å². The number of amides is 1. The fraction of sp³-hybridized carbons (Fsp3) is 0.522. The van der Waals surface area contributed by atoms with Gasteiger partial charge in [0.1, 0.15) is 0 Å². The molecular formula is C23H30N2O5S2. The molecule has 32 heavy (non-hydrogen) atoms. The summed E-state index contributed by atoms with van der Waals surface area (Å²) < 4.78 is 39.5. The van der Waals surface area contributed by atoms with Crippen LogP contribution in [-0.2, 0) is 26.0 Å². The predicted octanol–water partition coefficient (Wildman–Crippen LogP) is 3.37. The second-order valence-corrected chi connectivity index (χ2v) is 11.5. The Morgan fingerprint density at radius 2 is 1.97 bits per heavy atom. The third-order valence-corrected chi connectivity index (χ3v) is 8.46. The van der Waals surface area contributed by atoms with Crippen LogP contribution >= 0.6 is 11.3 Å². The van der Waals surface area contributed by atoms with Gasteiger partial charge in [-0.3, -0.25) is 4.79 Å². The second kappa shape index (κ2) is 10.0. The van der Waals surface area contributed by atoms with Crippen molar-refractivity contribution in [1.29, 1.82) is 0 Å². The molecule has 3 heterocycles. The first-order valence-electron chi connectivity index (χ1n) is 11.0. The van der Waals surface area contributed by atoms with Crippen molar-refractivity contribution in [2.45, 2.75) is 56.4 Å². The minimum Gasteiger partial charge on any atom is -0.376 e. The molecule has 1 aromatic heterocycles. The highest BCUT2D eigenvalue weighted by atomic mass is 32.2. The molecule has 7 nitrogen and oxygen atoms in total. The fourth-order valence-electron chi connectivity index (χ4n) is 4.29. The van der Waals surface area contributed by atoms with Crippen LogP contribution < -0.4 is 0 Å². The van der Waals surface area contributed by atoms with Gasteiger partial charge in [0.2, 0.25) is 10.0 Å². The maximum atomic E-state index is 13.5. The Labute approximate surface area is 194 Å². The van der Waals surface area contributed by atoms with E-state index in [0.29, 0.717) is 31.7 Å². The van der Waals surface area contributed by atoms with Crippen LogP contribution in [0.15, 0.2) is 46.7 Å². The Morgan fingerprint density at radius 3 is 2.62 bits per heavy atom. The lowest BCUT2D eigenvalue weighted by Gasteiger charge is -2.34. The molecule has 2 fully saturated rings. The highest BCUT2D eigenvalue weighted by Gasteiger charge is 2.33. The molecule has 9 heteroatoms. The summed E-state index contributed by atoms with van der Waals surface area (Å²) in [6.07, 6.45) is 1.59. The van der Waals surface area contributed by atoms with Gasteiger partial charge in [0, 0.05) is 36.7 Å². The number of thiophene rings is 1. The summed E-state index contributed by atoms with van der Waals surface area (Å²) in [5, 5.41) is 1.99. The van der Waals surface area contributed by atoms with E-state index < -0.39 is 10.0 Å². The van der Waals surface area contributed by atoms with E-state index in [-0.39, 0.29) is 29.1 Å². The van der Waals surface area contributed by atoms with E-state index in [9.17, 15) is 13.2 Å². The molecule has 174 valence electrons. The van der Waals surface area contributed by atoms with Crippen molar-refractivity contribution in [2.75, 3.05) is 26.2 Å². The summed E-state index contributed by atoms with van der Waals surface area (Å²) in [6, 6.07) is 10.3. The Hall–Kier alpha value is -1.78. The molecule has 1 amide bonds. The van der Waals surface area contributed by atoms with Crippen molar-refractivity contribution in [1.82, 2.24) is 9.21 Å². The minimum atomic E-state index is -3.72. The lowest BCUT2D eigenvalue weighted by molar-refractivity contribution is -0.0440. The van der Waals surface area contributed by atoms with E-state index in [2.05, 4.69) is 0 Å². The van der Waals surface area contributed by atoms with Gasteiger partial charge in [-0.25, -0.2) is 8.42 Å². The van der Waals surface area contributed by atoms with Crippen molar-refractivity contribution in [3.8, 4) is 0 Å². The number of benzene rings is 1. The fourth-order valence-corrected chi connectivity index (χ4v) is 6.65.